The largest absolute Gasteiger partial charge is 0.417 e. The van der Waals surface area contributed by atoms with E-state index in [1.807, 2.05) is 0 Å². The Bertz CT molecular complexity index is 834. The molecule has 4 rings (SSSR count). The van der Waals surface area contributed by atoms with E-state index in [1.54, 1.807) is 6.92 Å². The average molecular weight is 499 g/mol. The third-order valence-corrected chi connectivity index (χ3v) is 12.0. The number of aliphatic hydroxyl groups excluding tert-OH is 1. The van der Waals surface area contributed by atoms with Crippen molar-refractivity contribution < 1.29 is 23.4 Å². The number of rotatable bonds is 5. The maximum atomic E-state index is 13.9. The Balaban J connectivity index is 1.58. The van der Waals surface area contributed by atoms with Gasteiger partial charge in [-0.2, -0.15) is 13.2 Å². The van der Waals surface area contributed by atoms with Crippen molar-refractivity contribution in [2.24, 2.45) is 52.3 Å². The maximum absolute atomic E-state index is 13.9. The van der Waals surface area contributed by atoms with Crippen molar-refractivity contribution in [2.75, 3.05) is 0 Å². The van der Waals surface area contributed by atoms with E-state index in [4.69, 9.17) is 0 Å². The zero-order chi connectivity index (χ0) is 26.1. The number of hydrogen-bond donors (Lipinski definition) is 2. The van der Waals surface area contributed by atoms with Gasteiger partial charge in [0.2, 0.25) is 0 Å². The van der Waals surface area contributed by atoms with E-state index in [9.17, 15) is 23.4 Å². The van der Waals surface area contributed by atoms with Crippen LogP contribution in [0.25, 0.3) is 0 Å². The number of halogens is 3. The number of alkyl halides is 3. The van der Waals surface area contributed by atoms with E-state index in [1.165, 1.54) is 12.8 Å². The molecule has 2 N–H and O–H groups in total. The summed E-state index contributed by atoms with van der Waals surface area (Å²) in [7, 11) is 0. The van der Waals surface area contributed by atoms with Crippen LogP contribution in [0.4, 0.5) is 13.2 Å². The van der Waals surface area contributed by atoms with Gasteiger partial charge in [0.25, 0.3) is 0 Å². The molecule has 5 heteroatoms. The molecule has 4 aliphatic carbocycles. The number of allylic oxidation sites excluding steroid dienone is 1. The van der Waals surface area contributed by atoms with Crippen LogP contribution in [0.1, 0.15) is 106 Å². The molecule has 0 aliphatic heterocycles. The molecule has 0 amide bonds. The molecule has 0 spiro atoms. The molecule has 4 aliphatic rings. The van der Waals surface area contributed by atoms with Gasteiger partial charge in [-0.3, -0.25) is 0 Å². The summed E-state index contributed by atoms with van der Waals surface area (Å²) in [6.45, 7) is 14.9. The van der Waals surface area contributed by atoms with Crippen LogP contribution in [-0.2, 0) is 0 Å². The second-order valence-corrected chi connectivity index (χ2v) is 13.9. The van der Waals surface area contributed by atoms with Crippen LogP contribution in [0.2, 0.25) is 0 Å². The normalized spacial score (nSPS) is 45.7. The second-order valence-electron chi connectivity index (χ2n) is 13.9. The molecule has 0 aromatic heterocycles. The summed E-state index contributed by atoms with van der Waals surface area (Å²) in [6, 6.07) is 0. The molecule has 0 radical (unpaired) electrons. The van der Waals surface area contributed by atoms with Crippen molar-refractivity contribution in [3.05, 3.63) is 11.1 Å². The molecule has 0 heterocycles. The Morgan fingerprint density at radius 1 is 0.971 bits per heavy atom. The summed E-state index contributed by atoms with van der Waals surface area (Å²) in [5, 5.41) is 21.1. The van der Waals surface area contributed by atoms with Gasteiger partial charge in [0.05, 0.1) is 6.10 Å². The lowest BCUT2D eigenvalue weighted by molar-refractivity contribution is -0.287. The highest BCUT2D eigenvalue weighted by molar-refractivity contribution is 5.34. The summed E-state index contributed by atoms with van der Waals surface area (Å²) < 4.78 is 41.8. The molecule has 35 heavy (non-hydrogen) atoms. The van der Waals surface area contributed by atoms with Crippen molar-refractivity contribution in [3.8, 4) is 0 Å². The summed E-state index contributed by atoms with van der Waals surface area (Å²) in [6.07, 6.45) is 2.93. The minimum absolute atomic E-state index is 0.187. The Morgan fingerprint density at radius 2 is 1.63 bits per heavy atom. The minimum Gasteiger partial charge on any atom is -0.393 e. The molecule has 10 atom stereocenters. The van der Waals surface area contributed by atoms with Gasteiger partial charge < -0.3 is 10.2 Å². The van der Waals surface area contributed by atoms with E-state index in [-0.39, 0.29) is 23.4 Å². The molecular weight excluding hydrogens is 449 g/mol. The lowest BCUT2D eigenvalue weighted by Crippen LogP contribution is -2.60. The summed E-state index contributed by atoms with van der Waals surface area (Å²) in [4.78, 5) is 0. The highest BCUT2D eigenvalue weighted by atomic mass is 19.4. The van der Waals surface area contributed by atoms with Gasteiger partial charge in [-0.25, -0.2) is 0 Å². The van der Waals surface area contributed by atoms with E-state index >= 15 is 0 Å². The fourth-order valence-electron chi connectivity index (χ4n) is 9.93. The second kappa shape index (κ2) is 9.03. The standard InChI is InChI=1S/C30H49F3O2/c1-17(2)25(34)11-8-18(3)22-9-10-23-21-16-19(4)26-20(5)29(35,30(31,32)33)15-14-28(26,7)24(21)12-13-27(22,23)6/h17-18,20-25,34-35H,8-16H2,1-7H3/t18-,20?,21-,22-,23-,24-,25-,27+,28+,29-/m0/s1. The molecule has 1 unspecified atom stereocenters. The van der Waals surface area contributed by atoms with Gasteiger partial charge >= 0.3 is 6.18 Å². The summed E-state index contributed by atoms with van der Waals surface area (Å²) in [5.41, 5.74) is -0.530. The van der Waals surface area contributed by atoms with Gasteiger partial charge in [0, 0.05) is 5.92 Å². The van der Waals surface area contributed by atoms with Gasteiger partial charge in [0.1, 0.15) is 0 Å². The number of fused-ring (bicyclic) bond motifs is 5. The molecule has 3 saturated carbocycles. The lowest BCUT2D eigenvalue weighted by Gasteiger charge is -2.61. The first kappa shape index (κ1) is 27.5. The quantitative estimate of drug-likeness (QED) is 0.378. The van der Waals surface area contributed by atoms with E-state index in [0.717, 1.165) is 43.3 Å². The summed E-state index contributed by atoms with van der Waals surface area (Å²) in [5.74, 6) is 2.23. The predicted molar refractivity (Wildman–Crippen MR) is 135 cm³/mol. The van der Waals surface area contributed by atoms with Crippen LogP contribution in [-0.4, -0.2) is 28.1 Å². The molecule has 2 nitrogen and oxygen atoms in total. The molecule has 0 bridgehead atoms. The fourth-order valence-corrected chi connectivity index (χ4v) is 9.93. The Kier molecular flexibility index (Phi) is 7.09. The number of hydrogen-bond acceptors (Lipinski definition) is 2. The SMILES string of the molecule is CC1=C2C(C)[C@](O)(C(F)(F)F)CC[C@]2(C)[C@H]2CC[C@@]3(C)[C@@H](CC[C@H]3[C@@H](C)CC[C@H](O)C(C)C)[C@@H]2C1. The van der Waals surface area contributed by atoms with Crippen molar-refractivity contribution in [3.63, 3.8) is 0 Å². The molecule has 202 valence electrons. The van der Waals surface area contributed by atoms with Crippen molar-refractivity contribution in [1.29, 1.82) is 0 Å². The Labute approximate surface area is 211 Å². The smallest absolute Gasteiger partial charge is 0.393 e. The number of aliphatic hydroxyl groups is 2. The highest BCUT2D eigenvalue weighted by Crippen LogP contribution is 2.70. The zero-order valence-electron chi connectivity index (χ0n) is 23.0. The van der Waals surface area contributed by atoms with Crippen LogP contribution in [0, 0.1) is 52.3 Å². The van der Waals surface area contributed by atoms with Crippen LogP contribution >= 0.6 is 0 Å². The first-order valence-electron chi connectivity index (χ1n) is 14.2. The van der Waals surface area contributed by atoms with E-state index in [0.29, 0.717) is 41.9 Å². The minimum atomic E-state index is -4.60. The average Bonchev–Trinajstić information content (AvgIpc) is 3.11. The zero-order valence-corrected chi connectivity index (χ0v) is 23.0. The highest BCUT2D eigenvalue weighted by Gasteiger charge is 2.66. The first-order valence-corrected chi connectivity index (χ1v) is 14.2. The molecule has 0 aromatic rings. The fraction of sp³-hybridized carbons (Fsp3) is 0.933. The van der Waals surface area contributed by atoms with Crippen molar-refractivity contribution in [1.82, 2.24) is 0 Å². The maximum Gasteiger partial charge on any atom is 0.417 e. The third-order valence-electron chi connectivity index (χ3n) is 12.0. The van der Waals surface area contributed by atoms with Crippen LogP contribution < -0.4 is 0 Å². The Morgan fingerprint density at radius 3 is 2.23 bits per heavy atom. The third kappa shape index (κ3) is 4.14. The van der Waals surface area contributed by atoms with Gasteiger partial charge in [-0.1, -0.05) is 52.7 Å². The molecular formula is C30H49F3O2. The Hall–Kier alpha value is -0.550. The summed E-state index contributed by atoms with van der Waals surface area (Å²) >= 11 is 0. The predicted octanol–water partition coefficient (Wildman–Crippen LogP) is 7.93. The molecule has 0 aromatic carbocycles. The first-order chi connectivity index (χ1) is 16.1. The van der Waals surface area contributed by atoms with E-state index < -0.39 is 17.7 Å². The lowest BCUT2D eigenvalue weighted by atomic mass is 9.44. The van der Waals surface area contributed by atoms with E-state index in [2.05, 4.69) is 41.5 Å². The topological polar surface area (TPSA) is 40.5 Å². The van der Waals surface area contributed by atoms with Crippen LogP contribution in [0.3, 0.4) is 0 Å². The van der Waals surface area contributed by atoms with Gasteiger partial charge in [0.15, 0.2) is 5.60 Å². The molecule has 3 fully saturated rings. The molecule has 0 saturated heterocycles. The monoisotopic (exact) mass is 498 g/mol. The van der Waals surface area contributed by atoms with Gasteiger partial charge in [-0.05, 0) is 111 Å². The van der Waals surface area contributed by atoms with Crippen LogP contribution in [0.15, 0.2) is 11.1 Å². The van der Waals surface area contributed by atoms with Gasteiger partial charge in [-0.15, -0.1) is 0 Å². The van der Waals surface area contributed by atoms with Crippen molar-refractivity contribution in [2.45, 2.75) is 124 Å². The van der Waals surface area contributed by atoms with Crippen LogP contribution in [0.5, 0.6) is 0 Å². The van der Waals surface area contributed by atoms with Crippen molar-refractivity contribution >= 4 is 0 Å².